The first-order valence-electron chi connectivity index (χ1n) is 11.4. The fraction of sp³-hybridized carbons (Fsp3) is 0.259. The van der Waals surface area contributed by atoms with Crippen molar-refractivity contribution in [2.75, 3.05) is 11.5 Å². The van der Waals surface area contributed by atoms with Crippen LogP contribution in [0.4, 0.5) is 5.69 Å². The molecule has 3 unspecified atom stereocenters. The molecule has 3 atom stereocenters. The number of rotatable bonds is 2. The van der Waals surface area contributed by atoms with E-state index in [9.17, 15) is 9.59 Å². The van der Waals surface area contributed by atoms with Crippen LogP contribution in [0, 0.1) is 24.2 Å². The summed E-state index contributed by atoms with van der Waals surface area (Å²) < 4.78 is 13.8. The highest BCUT2D eigenvalue weighted by atomic mass is 28.4. The molecular weight excluding hydrogens is 430 g/mol. The Kier molecular flexibility index (Phi) is 4.41. The van der Waals surface area contributed by atoms with Gasteiger partial charge >= 0.3 is 8.56 Å². The van der Waals surface area contributed by atoms with Crippen LogP contribution in [0.15, 0.2) is 78.9 Å². The maximum absolute atomic E-state index is 13.6. The number of fused-ring (bicyclic) bond motifs is 3. The summed E-state index contributed by atoms with van der Waals surface area (Å²) in [6.45, 7) is 4.23. The Balaban J connectivity index is 1.63. The molecule has 33 heavy (non-hydrogen) atoms. The van der Waals surface area contributed by atoms with Crippen molar-refractivity contribution in [2.45, 2.75) is 20.3 Å². The number of imide groups is 1. The quantitative estimate of drug-likeness (QED) is 0.440. The SMILES string of the molecule is Cc1cccc2c1N1C(=O)C3CC(CO[Si](c4ccccc4)(c4ccccc4)O2)C3(C)C1=O. The highest BCUT2D eigenvalue weighted by molar-refractivity contribution is 6.93. The fourth-order valence-corrected chi connectivity index (χ4v) is 8.83. The first kappa shape index (κ1) is 20.4. The molecule has 2 aliphatic heterocycles. The van der Waals surface area contributed by atoms with Gasteiger partial charge in [-0.3, -0.25) is 9.59 Å². The van der Waals surface area contributed by atoms with E-state index < -0.39 is 14.0 Å². The van der Waals surface area contributed by atoms with E-state index in [0.29, 0.717) is 24.5 Å². The molecule has 166 valence electrons. The van der Waals surface area contributed by atoms with Crippen molar-refractivity contribution in [2.24, 2.45) is 17.3 Å². The molecule has 0 spiro atoms. The summed E-state index contributed by atoms with van der Waals surface area (Å²) in [4.78, 5) is 28.4. The molecule has 1 aliphatic carbocycles. The number of nitrogens with zero attached hydrogens (tertiary/aromatic N) is 1. The van der Waals surface area contributed by atoms with Crippen molar-refractivity contribution < 1.29 is 18.4 Å². The van der Waals surface area contributed by atoms with E-state index in [4.69, 9.17) is 8.85 Å². The van der Waals surface area contributed by atoms with E-state index in [1.807, 2.05) is 68.4 Å². The number of amides is 2. The Morgan fingerprint density at radius 1 is 0.909 bits per heavy atom. The minimum absolute atomic E-state index is 0.0302. The third-order valence-electron chi connectivity index (χ3n) is 7.75. The van der Waals surface area contributed by atoms with E-state index in [1.165, 1.54) is 4.90 Å². The van der Waals surface area contributed by atoms with E-state index in [0.717, 1.165) is 15.9 Å². The summed E-state index contributed by atoms with van der Waals surface area (Å²) in [6.07, 6.45) is 0.660. The van der Waals surface area contributed by atoms with Gasteiger partial charge in [0.25, 0.3) is 0 Å². The molecule has 3 aromatic rings. The van der Waals surface area contributed by atoms with Crippen molar-refractivity contribution in [1.29, 1.82) is 0 Å². The third kappa shape index (κ3) is 2.68. The lowest BCUT2D eigenvalue weighted by atomic mass is 9.55. The van der Waals surface area contributed by atoms with Crippen LogP contribution in [-0.4, -0.2) is 27.0 Å². The Hall–Kier alpha value is -3.22. The zero-order valence-corrected chi connectivity index (χ0v) is 19.7. The van der Waals surface area contributed by atoms with Crippen LogP contribution in [0.25, 0.3) is 0 Å². The molecule has 1 saturated heterocycles. The van der Waals surface area contributed by atoms with Crippen molar-refractivity contribution in [1.82, 2.24) is 0 Å². The van der Waals surface area contributed by atoms with Gasteiger partial charge in [0.15, 0.2) is 0 Å². The maximum atomic E-state index is 13.6. The largest absolute Gasteiger partial charge is 0.512 e. The number of carbonyl (C=O) groups is 2. The molecule has 0 radical (unpaired) electrons. The molecule has 2 fully saturated rings. The topological polar surface area (TPSA) is 55.8 Å². The van der Waals surface area contributed by atoms with E-state index in [-0.39, 0.29) is 23.7 Å². The second-order valence-electron chi connectivity index (χ2n) is 9.43. The van der Waals surface area contributed by atoms with Crippen LogP contribution in [0.5, 0.6) is 5.75 Å². The number of hydrogen-bond acceptors (Lipinski definition) is 4. The van der Waals surface area contributed by atoms with Gasteiger partial charge in [-0.15, -0.1) is 0 Å². The summed E-state index contributed by atoms with van der Waals surface area (Å²) in [5.41, 5.74) is 0.651. The standard InChI is InChI=1S/C27H25NO4Si/c1-18-10-9-15-23-24(18)28-25(29)22-16-19(27(22,2)26(28)30)17-31-33(32-23,20-11-5-3-6-12-20)21-13-7-4-8-14-21/h3-15,19,22H,16-17H2,1-2H3. The minimum Gasteiger partial charge on any atom is -0.512 e. The average molecular weight is 456 g/mol. The van der Waals surface area contributed by atoms with Crippen molar-refractivity contribution in [3.05, 3.63) is 84.4 Å². The van der Waals surface area contributed by atoms with Gasteiger partial charge in [0.2, 0.25) is 11.8 Å². The first-order chi connectivity index (χ1) is 16.0. The van der Waals surface area contributed by atoms with Crippen molar-refractivity contribution >= 4 is 36.4 Å². The minimum atomic E-state index is -3.22. The van der Waals surface area contributed by atoms with Gasteiger partial charge in [0.05, 0.1) is 17.0 Å². The molecule has 0 aromatic heterocycles. The highest BCUT2D eigenvalue weighted by Gasteiger charge is 2.68. The van der Waals surface area contributed by atoms with Crippen LogP contribution >= 0.6 is 0 Å². The lowest BCUT2D eigenvalue weighted by molar-refractivity contribution is -0.144. The molecular formula is C27H25NO4Si. The maximum Gasteiger partial charge on any atom is 0.468 e. The second kappa shape index (κ2) is 7.14. The lowest BCUT2D eigenvalue weighted by Gasteiger charge is -2.47. The van der Waals surface area contributed by atoms with Crippen LogP contribution in [0.2, 0.25) is 0 Å². The Bertz CT molecular complexity index is 1220. The average Bonchev–Trinajstić information content (AvgIpc) is 2.96. The summed E-state index contributed by atoms with van der Waals surface area (Å²) in [5, 5.41) is 1.98. The van der Waals surface area contributed by atoms with Gasteiger partial charge in [0, 0.05) is 17.0 Å². The molecule has 3 aromatic carbocycles. The fourth-order valence-electron chi connectivity index (χ4n) is 5.70. The molecule has 0 N–H and O–H groups in total. The number of benzene rings is 3. The van der Waals surface area contributed by atoms with E-state index >= 15 is 0 Å². The monoisotopic (exact) mass is 455 g/mol. The van der Waals surface area contributed by atoms with Crippen molar-refractivity contribution in [3.8, 4) is 5.75 Å². The van der Waals surface area contributed by atoms with Crippen LogP contribution in [0.3, 0.4) is 0 Å². The van der Waals surface area contributed by atoms with Gasteiger partial charge in [-0.2, -0.15) is 0 Å². The molecule has 6 rings (SSSR count). The number of para-hydroxylation sites is 1. The van der Waals surface area contributed by atoms with Crippen molar-refractivity contribution in [3.63, 3.8) is 0 Å². The Morgan fingerprint density at radius 2 is 1.55 bits per heavy atom. The third-order valence-corrected chi connectivity index (χ3v) is 11.0. The Morgan fingerprint density at radius 3 is 2.18 bits per heavy atom. The molecule has 2 amide bonds. The molecule has 6 heteroatoms. The molecule has 2 heterocycles. The summed E-state index contributed by atoms with van der Waals surface area (Å²) >= 11 is 0. The summed E-state index contributed by atoms with van der Waals surface area (Å²) in [7, 11) is -3.22. The van der Waals surface area contributed by atoms with Gasteiger partial charge in [-0.25, -0.2) is 4.90 Å². The van der Waals surface area contributed by atoms with E-state index in [1.54, 1.807) is 0 Å². The van der Waals surface area contributed by atoms with Gasteiger partial charge in [-0.1, -0.05) is 72.8 Å². The predicted molar refractivity (Wildman–Crippen MR) is 128 cm³/mol. The summed E-state index contributed by atoms with van der Waals surface area (Å²) in [5.74, 6) is -0.0675. The summed E-state index contributed by atoms with van der Waals surface area (Å²) in [6, 6.07) is 25.8. The molecule has 1 saturated carbocycles. The van der Waals surface area contributed by atoms with Crippen LogP contribution in [-0.2, 0) is 14.0 Å². The number of hydrogen-bond donors (Lipinski definition) is 0. The van der Waals surface area contributed by atoms with Gasteiger partial charge < -0.3 is 8.85 Å². The van der Waals surface area contributed by atoms with E-state index in [2.05, 4.69) is 24.3 Å². The molecule has 3 aliphatic rings. The van der Waals surface area contributed by atoms with Gasteiger partial charge in [0.1, 0.15) is 5.75 Å². The van der Waals surface area contributed by atoms with Crippen LogP contribution in [0.1, 0.15) is 18.9 Å². The number of anilines is 1. The predicted octanol–water partition coefficient (Wildman–Crippen LogP) is 3.18. The molecule has 5 nitrogen and oxygen atoms in total. The lowest BCUT2D eigenvalue weighted by Crippen LogP contribution is -2.67. The van der Waals surface area contributed by atoms with Gasteiger partial charge in [-0.05, 0) is 37.8 Å². The number of carbonyl (C=O) groups excluding carboxylic acids is 2. The first-order valence-corrected chi connectivity index (χ1v) is 13.2. The molecule has 2 bridgehead atoms. The number of aryl methyl sites for hydroxylation is 1. The zero-order valence-electron chi connectivity index (χ0n) is 18.7. The highest BCUT2D eigenvalue weighted by Crippen LogP contribution is 2.59. The van der Waals surface area contributed by atoms with Crippen LogP contribution < -0.4 is 19.7 Å². The normalized spacial score (nSPS) is 27.4. The smallest absolute Gasteiger partial charge is 0.468 e. The Labute approximate surface area is 194 Å². The second-order valence-corrected chi connectivity index (χ2v) is 12.3. The zero-order chi connectivity index (χ0) is 22.8.